The molecule has 1 aromatic heterocycles. The van der Waals surface area contributed by atoms with E-state index in [0.29, 0.717) is 5.69 Å². The summed E-state index contributed by atoms with van der Waals surface area (Å²) in [6.45, 7) is 1.74. The fourth-order valence-electron chi connectivity index (χ4n) is 2.93. The van der Waals surface area contributed by atoms with Crippen LogP contribution in [0.25, 0.3) is 5.69 Å². The summed E-state index contributed by atoms with van der Waals surface area (Å²) in [7, 11) is -3.19. The second-order valence-corrected chi connectivity index (χ2v) is 8.70. The molecule has 0 aliphatic heterocycles. The Morgan fingerprint density at radius 2 is 2.12 bits per heavy atom. The van der Waals surface area contributed by atoms with Gasteiger partial charge in [-0.15, -0.1) is 0 Å². The Bertz CT molecular complexity index is 890. The molecule has 0 radical (unpaired) electrons. The van der Waals surface area contributed by atoms with Crippen molar-refractivity contribution in [3.63, 3.8) is 0 Å². The summed E-state index contributed by atoms with van der Waals surface area (Å²) in [5.74, 6) is -0.768. The first-order valence-corrected chi connectivity index (χ1v) is 10.1. The van der Waals surface area contributed by atoms with Crippen LogP contribution >= 0.6 is 0 Å². The first kappa shape index (κ1) is 17.6. The van der Waals surface area contributed by atoms with Crippen LogP contribution < -0.4 is 0 Å². The summed E-state index contributed by atoms with van der Waals surface area (Å²) in [5.41, 5.74) is 0.734. The standard InChI is InChI=1S/C17H20FN3O3S/c1-12(11-25(2,23)24)21(14-6-7-14)17(22)16-8-9-20(19-16)15-5-3-4-13(18)10-15/h3-5,8-10,12,14H,6-7,11H2,1-2H3. The average molecular weight is 365 g/mol. The zero-order chi connectivity index (χ0) is 18.2. The topological polar surface area (TPSA) is 72.3 Å². The van der Waals surface area contributed by atoms with Gasteiger partial charge in [0.2, 0.25) is 0 Å². The maximum atomic E-state index is 13.4. The highest BCUT2D eigenvalue weighted by molar-refractivity contribution is 7.90. The van der Waals surface area contributed by atoms with Gasteiger partial charge in [0.1, 0.15) is 15.7 Å². The van der Waals surface area contributed by atoms with E-state index in [1.165, 1.54) is 16.8 Å². The lowest BCUT2D eigenvalue weighted by Gasteiger charge is -2.28. The van der Waals surface area contributed by atoms with Crippen molar-refractivity contribution in [2.75, 3.05) is 12.0 Å². The smallest absolute Gasteiger partial charge is 0.274 e. The molecule has 6 nitrogen and oxygen atoms in total. The number of rotatable bonds is 6. The molecule has 3 rings (SSSR count). The normalized spacial score (nSPS) is 15.8. The van der Waals surface area contributed by atoms with Gasteiger partial charge in [-0.25, -0.2) is 17.5 Å². The van der Waals surface area contributed by atoms with E-state index in [9.17, 15) is 17.6 Å². The Balaban J connectivity index is 1.84. The minimum absolute atomic E-state index is 0.0589. The lowest BCUT2D eigenvalue weighted by Crippen LogP contribution is -2.44. The monoisotopic (exact) mass is 365 g/mol. The van der Waals surface area contributed by atoms with Crippen molar-refractivity contribution >= 4 is 15.7 Å². The third-order valence-electron chi connectivity index (χ3n) is 4.07. The Kier molecular flexibility index (Phi) is 4.64. The van der Waals surface area contributed by atoms with Crippen LogP contribution in [-0.2, 0) is 9.84 Å². The molecule has 1 unspecified atom stereocenters. The number of sulfone groups is 1. The highest BCUT2D eigenvalue weighted by atomic mass is 32.2. The van der Waals surface area contributed by atoms with Crippen LogP contribution in [0.3, 0.4) is 0 Å². The van der Waals surface area contributed by atoms with Crippen LogP contribution in [0.1, 0.15) is 30.3 Å². The molecule has 25 heavy (non-hydrogen) atoms. The summed E-state index contributed by atoms with van der Waals surface area (Å²) in [5, 5.41) is 4.24. The van der Waals surface area contributed by atoms with E-state index < -0.39 is 15.9 Å². The maximum Gasteiger partial charge on any atom is 0.274 e. The largest absolute Gasteiger partial charge is 0.331 e. The molecule has 8 heteroatoms. The summed E-state index contributed by atoms with van der Waals surface area (Å²) in [4.78, 5) is 14.5. The molecule has 1 fully saturated rings. The zero-order valence-electron chi connectivity index (χ0n) is 14.1. The number of hydrogen-bond donors (Lipinski definition) is 0. The van der Waals surface area contributed by atoms with E-state index >= 15 is 0 Å². The Labute approximate surface area is 146 Å². The third kappa shape index (κ3) is 4.25. The predicted molar refractivity (Wildman–Crippen MR) is 91.9 cm³/mol. The van der Waals surface area contributed by atoms with Gasteiger partial charge in [-0.2, -0.15) is 5.10 Å². The zero-order valence-corrected chi connectivity index (χ0v) is 14.9. The number of carbonyl (C=O) groups is 1. The summed E-state index contributed by atoms with van der Waals surface area (Å²) >= 11 is 0. The van der Waals surface area contributed by atoms with E-state index in [2.05, 4.69) is 5.10 Å². The molecule has 2 aromatic rings. The van der Waals surface area contributed by atoms with Gasteiger partial charge in [0, 0.05) is 24.5 Å². The molecule has 134 valence electrons. The Morgan fingerprint density at radius 1 is 1.40 bits per heavy atom. The van der Waals surface area contributed by atoms with Gasteiger partial charge in [0.25, 0.3) is 5.91 Å². The van der Waals surface area contributed by atoms with Crippen LogP contribution in [-0.4, -0.2) is 53.1 Å². The van der Waals surface area contributed by atoms with Crippen molar-refractivity contribution in [3.8, 4) is 5.69 Å². The van der Waals surface area contributed by atoms with Crippen molar-refractivity contribution in [2.24, 2.45) is 0 Å². The van der Waals surface area contributed by atoms with E-state index in [1.54, 1.807) is 36.2 Å². The van der Waals surface area contributed by atoms with Crippen molar-refractivity contribution in [1.29, 1.82) is 0 Å². The van der Waals surface area contributed by atoms with Gasteiger partial charge in [-0.3, -0.25) is 4.79 Å². The van der Waals surface area contributed by atoms with Gasteiger partial charge < -0.3 is 4.90 Å². The van der Waals surface area contributed by atoms with E-state index in [1.807, 2.05) is 0 Å². The van der Waals surface area contributed by atoms with Crippen LogP contribution in [0.5, 0.6) is 0 Å². The van der Waals surface area contributed by atoms with Gasteiger partial charge in [-0.05, 0) is 44.0 Å². The fraction of sp³-hybridized carbons (Fsp3) is 0.412. The highest BCUT2D eigenvalue weighted by Gasteiger charge is 2.37. The van der Waals surface area contributed by atoms with Crippen LogP contribution in [0.15, 0.2) is 36.5 Å². The molecule has 0 spiro atoms. The SMILES string of the molecule is CC(CS(C)(=O)=O)N(C(=O)c1ccn(-c2cccc(F)c2)n1)C1CC1. The number of hydrogen-bond acceptors (Lipinski definition) is 4. The summed E-state index contributed by atoms with van der Waals surface area (Å²) in [6.07, 6.45) is 4.49. The van der Waals surface area contributed by atoms with Crippen molar-refractivity contribution < 1.29 is 17.6 Å². The van der Waals surface area contributed by atoms with Crippen LogP contribution in [0.2, 0.25) is 0 Å². The highest BCUT2D eigenvalue weighted by Crippen LogP contribution is 2.30. The van der Waals surface area contributed by atoms with Crippen molar-refractivity contribution in [3.05, 3.63) is 48.0 Å². The molecule has 1 amide bonds. The molecule has 1 saturated carbocycles. The number of aromatic nitrogens is 2. The quantitative estimate of drug-likeness (QED) is 0.785. The first-order chi connectivity index (χ1) is 11.7. The molecule has 1 aromatic carbocycles. The number of halogens is 1. The van der Waals surface area contributed by atoms with Crippen molar-refractivity contribution in [2.45, 2.75) is 31.8 Å². The van der Waals surface area contributed by atoms with Crippen LogP contribution in [0.4, 0.5) is 4.39 Å². The van der Waals surface area contributed by atoms with Gasteiger partial charge in [0.05, 0.1) is 11.4 Å². The van der Waals surface area contributed by atoms with E-state index in [4.69, 9.17) is 0 Å². The van der Waals surface area contributed by atoms with Crippen LogP contribution in [0, 0.1) is 5.82 Å². The van der Waals surface area contributed by atoms with E-state index in [0.717, 1.165) is 19.1 Å². The Hall–Kier alpha value is -2.22. The van der Waals surface area contributed by atoms with E-state index in [-0.39, 0.29) is 29.2 Å². The molecule has 0 bridgehead atoms. The third-order valence-corrected chi connectivity index (χ3v) is 5.16. The Morgan fingerprint density at radius 3 is 2.72 bits per heavy atom. The molecule has 1 heterocycles. The number of nitrogens with zero attached hydrogens (tertiary/aromatic N) is 3. The number of carbonyl (C=O) groups excluding carboxylic acids is 1. The molecule has 1 aliphatic carbocycles. The summed E-state index contributed by atoms with van der Waals surface area (Å²) < 4.78 is 37.9. The molecule has 0 saturated heterocycles. The maximum absolute atomic E-state index is 13.4. The van der Waals surface area contributed by atoms with Gasteiger partial charge in [0.15, 0.2) is 5.69 Å². The predicted octanol–water partition coefficient (Wildman–Crippen LogP) is 2.05. The number of benzene rings is 1. The lowest BCUT2D eigenvalue weighted by molar-refractivity contribution is 0.0686. The number of amides is 1. The molecule has 1 aliphatic rings. The second-order valence-electron chi connectivity index (χ2n) is 6.51. The fourth-order valence-corrected chi connectivity index (χ4v) is 3.97. The second kappa shape index (κ2) is 6.59. The average Bonchev–Trinajstić information content (AvgIpc) is 3.20. The molecular weight excluding hydrogens is 345 g/mol. The lowest BCUT2D eigenvalue weighted by atomic mass is 10.2. The van der Waals surface area contributed by atoms with Gasteiger partial charge >= 0.3 is 0 Å². The molecule has 1 atom stereocenters. The van der Waals surface area contributed by atoms with Gasteiger partial charge in [-0.1, -0.05) is 6.07 Å². The first-order valence-electron chi connectivity index (χ1n) is 8.06. The molecule has 0 N–H and O–H groups in total. The minimum Gasteiger partial charge on any atom is -0.331 e. The summed E-state index contributed by atoms with van der Waals surface area (Å²) in [6, 6.07) is 7.12. The minimum atomic E-state index is -3.19. The van der Waals surface area contributed by atoms with Crippen molar-refractivity contribution in [1.82, 2.24) is 14.7 Å². The molecular formula is C17H20FN3O3S.